The summed E-state index contributed by atoms with van der Waals surface area (Å²) in [6, 6.07) is 51.2. The molecule has 1 aliphatic heterocycles. The highest BCUT2D eigenvalue weighted by Gasteiger charge is 2.23. The fourth-order valence-electron chi connectivity index (χ4n) is 7.66. The van der Waals surface area contributed by atoms with E-state index in [1.807, 2.05) is 12.3 Å². The van der Waals surface area contributed by atoms with Crippen molar-refractivity contribution < 1.29 is 4.74 Å². The summed E-state index contributed by atoms with van der Waals surface area (Å²) in [6.07, 6.45) is 5.69. The van der Waals surface area contributed by atoms with Gasteiger partial charge in [0.1, 0.15) is 17.3 Å². The van der Waals surface area contributed by atoms with Crippen LogP contribution in [0.25, 0.3) is 60.6 Å². The van der Waals surface area contributed by atoms with Crippen molar-refractivity contribution >= 4 is 61.3 Å². The molecule has 9 aromatic rings. The van der Waals surface area contributed by atoms with Crippen LogP contribution in [0.1, 0.15) is 26.3 Å². The van der Waals surface area contributed by atoms with Gasteiger partial charge in [0.25, 0.3) is 6.34 Å². The molecule has 0 fully saturated rings. The van der Waals surface area contributed by atoms with Crippen LogP contribution in [-0.4, -0.2) is 20.5 Å². The fourth-order valence-corrected chi connectivity index (χ4v) is 7.66. The van der Waals surface area contributed by atoms with E-state index in [0.717, 1.165) is 61.5 Å². The van der Waals surface area contributed by atoms with Crippen LogP contribution in [0.2, 0.25) is 0 Å². The van der Waals surface area contributed by atoms with E-state index in [-0.39, 0.29) is 5.41 Å². The highest BCUT2D eigenvalue weighted by Crippen LogP contribution is 2.43. The van der Waals surface area contributed by atoms with Gasteiger partial charge in [-0.25, -0.2) is 4.98 Å². The van der Waals surface area contributed by atoms with Gasteiger partial charge in [-0.1, -0.05) is 99.6 Å². The third-order valence-electron chi connectivity index (χ3n) is 10.1. The third-order valence-corrected chi connectivity index (χ3v) is 10.1. The van der Waals surface area contributed by atoms with Gasteiger partial charge in [0.05, 0.1) is 33.4 Å². The molecule has 10 rings (SSSR count). The van der Waals surface area contributed by atoms with Gasteiger partial charge in [0.15, 0.2) is 0 Å². The van der Waals surface area contributed by atoms with Crippen LogP contribution in [0.4, 0.5) is 11.4 Å². The zero-order valence-corrected chi connectivity index (χ0v) is 28.6. The number of para-hydroxylation sites is 4. The van der Waals surface area contributed by atoms with E-state index >= 15 is 0 Å². The minimum Gasteiger partial charge on any atom is -0.458 e. The molecule has 4 heterocycles. The molecule has 0 unspecified atom stereocenters. The number of rotatable bonds is 4. The number of aromatic nitrogens is 3. The molecule has 0 saturated heterocycles. The normalized spacial score (nSPS) is 12.7. The van der Waals surface area contributed by atoms with Gasteiger partial charge in [0.2, 0.25) is 0 Å². The van der Waals surface area contributed by atoms with Gasteiger partial charge in [-0.2, -0.15) is 0 Å². The number of ether oxygens (including phenoxy) is 1. The third kappa shape index (κ3) is 4.62. The minimum absolute atomic E-state index is 0.00184. The molecule has 0 spiro atoms. The predicted molar refractivity (Wildman–Crippen MR) is 211 cm³/mol. The van der Waals surface area contributed by atoms with Crippen LogP contribution < -0.4 is 9.31 Å². The second-order valence-corrected chi connectivity index (χ2v) is 14.3. The lowest BCUT2D eigenvalue weighted by atomic mass is 9.88. The molecule has 244 valence electrons. The quantitative estimate of drug-likeness (QED) is 0.139. The maximum Gasteiger partial charge on any atom is 0.270 e. The molecule has 5 heteroatoms. The van der Waals surface area contributed by atoms with Crippen molar-refractivity contribution in [2.24, 2.45) is 0 Å². The van der Waals surface area contributed by atoms with Crippen LogP contribution in [-0.2, 0) is 5.41 Å². The molecular formula is C46H34N4O. The highest BCUT2D eigenvalue weighted by atomic mass is 16.5. The van der Waals surface area contributed by atoms with Gasteiger partial charge >= 0.3 is 0 Å². The number of benzene rings is 6. The highest BCUT2D eigenvalue weighted by molar-refractivity contribution is 6.17. The Labute approximate surface area is 295 Å². The average Bonchev–Trinajstić information content (AvgIpc) is 3.60. The van der Waals surface area contributed by atoms with Crippen LogP contribution in [0, 0.1) is 0 Å². The molecule has 5 nitrogen and oxygen atoms in total. The van der Waals surface area contributed by atoms with Crippen LogP contribution in [0.3, 0.4) is 0 Å². The summed E-state index contributed by atoms with van der Waals surface area (Å²) in [5, 5.41) is 4.68. The SMILES string of the molecule is CC(C)(C)c1ccnc(-n2c3ccccc3c3ccc(Oc4ccc5c6cccc7c6n(c5c4)[C-]=[N+](c4ccccc4)c4ccccc4-7)cc32)c1. The Morgan fingerprint density at radius 2 is 1.25 bits per heavy atom. The van der Waals surface area contributed by atoms with E-state index in [1.54, 1.807) is 0 Å². The zero-order valence-electron chi connectivity index (χ0n) is 28.6. The molecule has 0 atom stereocenters. The van der Waals surface area contributed by atoms with Gasteiger partial charge in [-0.05, 0) is 93.5 Å². The smallest absolute Gasteiger partial charge is 0.270 e. The zero-order chi connectivity index (χ0) is 34.3. The minimum atomic E-state index is 0.00184. The molecule has 0 N–H and O–H groups in total. The Kier molecular flexibility index (Phi) is 6.37. The van der Waals surface area contributed by atoms with Gasteiger partial charge < -0.3 is 4.74 Å². The van der Waals surface area contributed by atoms with E-state index in [2.05, 4.69) is 180 Å². The van der Waals surface area contributed by atoms with Crippen LogP contribution in [0.5, 0.6) is 11.5 Å². The lowest BCUT2D eigenvalue weighted by Gasteiger charge is -2.20. The largest absolute Gasteiger partial charge is 0.458 e. The maximum absolute atomic E-state index is 6.72. The molecular weight excluding hydrogens is 625 g/mol. The second-order valence-electron chi connectivity index (χ2n) is 14.3. The molecule has 0 aliphatic carbocycles. The number of nitrogens with zero attached hydrogens (tertiary/aromatic N) is 4. The second kappa shape index (κ2) is 11.0. The number of hydrogen-bond acceptors (Lipinski definition) is 2. The average molecular weight is 659 g/mol. The van der Waals surface area contributed by atoms with E-state index < -0.39 is 0 Å². The molecule has 3 aromatic heterocycles. The van der Waals surface area contributed by atoms with Crippen molar-refractivity contribution in [3.05, 3.63) is 157 Å². The summed E-state index contributed by atoms with van der Waals surface area (Å²) in [4.78, 5) is 4.85. The van der Waals surface area contributed by atoms with Crippen molar-refractivity contribution in [3.8, 4) is 28.4 Å². The number of fused-ring (bicyclic) bond motifs is 8. The summed E-state index contributed by atoms with van der Waals surface area (Å²) in [7, 11) is 0. The standard InChI is InChI=1S/C46H34N4O/c1-46(2,3)30-24-25-47-44(26-30)50-41-19-10-8-14-34(41)36-22-20-33(28-43(36)50)51-32-21-23-37-39-17-11-16-38-35-15-7-9-18-40(35)48(31-12-5-4-6-13-31)29-49(45(38)39)42(37)27-32/h4-28H,1-3H3. The Balaban J connectivity index is 1.14. The van der Waals surface area contributed by atoms with Crippen molar-refractivity contribution in [2.45, 2.75) is 26.2 Å². The monoisotopic (exact) mass is 658 g/mol. The summed E-state index contributed by atoms with van der Waals surface area (Å²) < 4.78 is 13.3. The molecule has 0 bridgehead atoms. The van der Waals surface area contributed by atoms with Crippen molar-refractivity contribution in [1.82, 2.24) is 18.7 Å². The van der Waals surface area contributed by atoms with Crippen LogP contribution in [0.15, 0.2) is 152 Å². The van der Waals surface area contributed by atoms with Crippen LogP contribution >= 0.6 is 0 Å². The van der Waals surface area contributed by atoms with Gasteiger partial charge in [0, 0.05) is 23.0 Å². The van der Waals surface area contributed by atoms with Crippen molar-refractivity contribution in [3.63, 3.8) is 0 Å². The summed E-state index contributed by atoms with van der Waals surface area (Å²) in [5.41, 5.74) is 10.1. The topological polar surface area (TPSA) is 35.0 Å². The first kappa shape index (κ1) is 29.5. The molecule has 0 amide bonds. The van der Waals surface area contributed by atoms with Gasteiger partial charge in [-0.3, -0.25) is 13.7 Å². The molecule has 0 radical (unpaired) electrons. The summed E-state index contributed by atoms with van der Waals surface area (Å²) in [6.45, 7) is 6.71. The number of pyridine rings is 1. The van der Waals surface area contributed by atoms with E-state index in [4.69, 9.17) is 9.72 Å². The predicted octanol–water partition coefficient (Wildman–Crippen LogP) is 11.6. The molecule has 51 heavy (non-hydrogen) atoms. The summed E-state index contributed by atoms with van der Waals surface area (Å²) in [5.74, 6) is 2.41. The first-order valence-electron chi connectivity index (χ1n) is 17.4. The Bertz CT molecular complexity index is 2870. The lowest BCUT2D eigenvalue weighted by Crippen LogP contribution is -2.12. The summed E-state index contributed by atoms with van der Waals surface area (Å²) >= 11 is 0. The van der Waals surface area contributed by atoms with E-state index in [9.17, 15) is 0 Å². The Morgan fingerprint density at radius 3 is 2.08 bits per heavy atom. The van der Waals surface area contributed by atoms with E-state index in [0.29, 0.717) is 0 Å². The maximum atomic E-state index is 6.72. The van der Waals surface area contributed by atoms with Gasteiger partial charge in [-0.15, -0.1) is 0 Å². The van der Waals surface area contributed by atoms with E-state index in [1.165, 1.54) is 27.5 Å². The molecule has 1 aliphatic rings. The van der Waals surface area contributed by atoms with Crippen molar-refractivity contribution in [1.29, 1.82) is 0 Å². The first-order chi connectivity index (χ1) is 24.9. The van der Waals surface area contributed by atoms with Crippen molar-refractivity contribution in [2.75, 3.05) is 0 Å². The molecule has 0 saturated carbocycles. The Hall–Kier alpha value is -6.46. The molecule has 6 aromatic carbocycles. The fraction of sp³-hybridized carbons (Fsp3) is 0.0870. The first-order valence-corrected chi connectivity index (χ1v) is 17.4. The number of hydrogen-bond donors (Lipinski definition) is 0. The Morgan fingerprint density at radius 1 is 0.588 bits per heavy atom. The lowest BCUT2D eigenvalue weighted by molar-refractivity contribution is 0.484.